The average molecular weight is 359 g/mol. The molecule has 0 aromatic carbocycles. The second kappa shape index (κ2) is 3.97. The number of fused-ring (bicyclic) bond motifs is 2. The fraction of sp³-hybridized carbons (Fsp3) is 0.667. The third kappa shape index (κ3) is 1.40. The van der Waals surface area contributed by atoms with Gasteiger partial charge in [0.2, 0.25) is 0 Å². The molecule has 2 aliphatic rings. The second-order valence-electron chi connectivity index (χ2n) is 4.00. The third-order valence-corrected chi connectivity index (χ3v) is 7.55. The van der Waals surface area contributed by atoms with Crippen molar-refractivity contribution in [1.82, 2.24) is 0 Å². The Labute approximate surface area is 128 Å². The Bertz CT molecular complexity index is 433. The Hall–Kier alpha value is 0.950. The van der Waals surface area contributed by atoms with E-state index < -0.39 is 26.0 Å². The number of allylic oxidation sites excluding steroid dienone is 2. The molecule has 0 aliphatic heterocycles. The van der Waals surface area contributed by atoms with Gasteiger partial charge in [-0.25, -0.2) is 0 Å². The highest BCUT2D eigenvalue weighted by molar-refractivity contribution is 6.65. The van der Waals surface area contributed by atoms with Crippen LogP contribution in [0.15, 0.2) is 10.1 Å². The molecule has 0 aromatic rings. The molecule has 0 heterocycles. The summed E-state index contributed by atoms with van der Waals surface area (Å²) in [6.45, 7) is 0. The summed E-state index contributed by atoms with van der Waals surface area (Å²) in [5, 5.41) is 0.0865. The zero-order valence-corrected chi connectivity index (χ0v) is 12.9. The zero-order valence-electron chi connectivity index (χ0n) is 8.37. The molecule has 0 saturated heterocycles. The molecule has 2 nitrogen and oxygen atoms in total. The van der Waals surface area contributed by atoms with Crippen molar-refractivity contribution in [3.8, 4) is 0 Å². The van der Waals surface area contributed by atoms with E-state index in [1.165, 1.54) is 7.11 Å². The molecule has 2 aliphatic carbocycles. The van der Waals surface area contributed by atoms with Crippen LogP contribution in [0.25, 0.3) is 0 Å². The van der Waals surface area contributed by atoms with Gasteiger partial charge in [0.1, 0.15) is 9.75 Å². The molecule has 17 heavy (non-hydrogen) atoms. The van der Waals surface area contributed by atoms with Crippen molar-refractivity contribution >= 4 is 75.6 Å². The maximum atomic E-state index is 11.7. The molecule has 2 bridgehead atoms. The topological polar surface area (TPSA) is 26.3 Å². The molecule has 8 heteroatoms. The highest BCUT2D eigenvalue weighted by atomic mass is 35.5. The van der Waals surface area contributed by atoms with Gasteiger partial charge in [-0.05, 0) is 6.42 Å². The molecule has 0 aromatic heterocycles. The molecule has 2 rings (SSSR count). The number of hydrogen-bond donors (Lipinski definition) is 0. The van der Waals surface area contributed by atoms with Gasteiger partial charge in [0, 0.05) is 0 Å². The molecule has 1 saturated carbocycles. The molecule has 0 radical (unpaired) electrons. The van der Waals surface area contributed by atoms with Crippen molar-refractivity contribution < 1.29 is 9.53 Å². The largest absolute Gasteiger partial charge is 0.469 e. The van der Waals surface area contributed by atoms with Crippen LogP contribution in [-0.2, 0) is 9.53 Å². The number of halogens is 6. The van der Waals surface area contributed by atoms with Crippen molar-refractivity contribution in [3.63, 3.8) is 0 Å². The molecule has 0 amide bonds. The van der Waals surface area contributed by atoms with Crippen LogP contribution in [-0.4, -0.2) is 27.2 Å². The second-order valence-corrected chi connectivity index (χ2v) is 7.32. The summed E-state index contributed by atoms with van der Waals surface area (Å²) >= 11 is 37.0. The number of carbonyl (C=O) groups excluding carboxylic acids is 1. The van der Waals surface area contributed by atoms with E-state index >= 15 is 0 Å². The highest BCUT2D eigenvalue weighted by Gasteiger charge is 2.80. The minimum absolute atomic E-state index is 0.00230. The van der Waals surface area contributed by atoms with Crippen LogP contribution in [0.4, 0.5) is 0 Å². The normalized spacial score (nSPS) is 43.1. The first-order chi connectivity index (χ1) is 7.64. The van der Waals surface area contributed by atoms with Gasteiger partial charge in [0.05, 0.1) is 23.1 Å². The van der Waals surface area contributed by atoms with Gasteiger partial charge in [-0.3, -0.25) is 4.79 Å². The fourth-order valence-corrected chi connectivity index (χ4v) is 5.05. The number of methoxy groups -OCH3 is 1. The van der Waals surface area contributed by atoms with Gasteiger partial charge < -0.3 is 4.74 Å². The lowest BCUT2D eigenvalue weighted by atomic mass is 9.92. The van der Waals surface area contributed by atoms with Crippen molar-refractivity contribution in [2.75, 3.05) is 7.11 Å². The number of rotatable bonds is 1. The van der Waals surface area contributed by atoms with E-state index in [-0.39, 0.29) is 16.5 Å². The smallest absolute Gasteiger partial charge is 0.311 e. The highest BCUT2D eigenvalue weighted by Crippen LogP contribution is 2.74. The average Bonchev–Trinajstić information content (AvgIpc) is 2.49. The maximum Gasteiger partial charge on any atom is 0.311 e. The maximum absolute atomic E-state index is 11.7. The first-order valence-electron chi connectivity index (χ1n) is 4.54. The van der Waals surface area contributed by atoms with Crippen LogP contribution in [0.5, 0.6) is 0 Å². The quantitative estimate of drug-likeness (QED) is 0.523. The van der Waals surface area contributed by atoms with Crippen LogP contribution in [0.1, 0.15) is 6.42 Å². The van der Waals surface area contributed by atoms with Crippen LogP contribution in [0.3, 0.4) is 0 Å². The summed E-state index contributed by atoms with van der Waals surface area (Å²) < 4.78 is 2.98. The zero-order chi connectivity index (χ0) is 13.2. The first kappa shape index (κ1) is 14.4. The first-order valence-corrected chi connectivity index (χ1v) is 6.81. The van der Waals surface area contributed by atoms with Crippen LogP contribution in [0.2, 0.25) is 0 Å². The van der Waals surface area contributed by atoms with Crippen molar-refractivity contribution in [3.05, 3.63) is 10.1 Å². The predicted octanol–water partition coefficient (Wildman–Crippen LogP) is 4.01. The lowest BCUT2D eigenvalue weighted by Gasteiger charge is -2.32. The molecule has 0 spiro atoms. The lowest BCUT2D eigenvalue weighted by molar-refractivity contribution is -0.145. The number of alkyl halides is 4. The predicted molar refractivity (Wildman–Crippen MR) is 70.5 cm³/mol. The summed E-state index contributed by atoms with van der Waals surface area (Å²) in [7, 11) is 1.23. The van der Waals surface area contributed by atoms with Gasteiger partial charge in [-0.2, -0.15) is 0 Å². The number of hydrogen-bond acceptors (Lipinski definition) is 2. The van der Waals surface area contributed by atoms with Crippen molar-refractivity contribution in [1.29, 1.82) is 0 Å². The Morgan fingerprint density at radius 3 is 2.12 bits per heavy atom. The van der Waals surface area contributed by atoms with E-state index in [0.717, 1.165) is 0 Å². The molecule has 3 unspecified atom stereocenters. The van der Waals surface area contributed by atoms with Gasteiger partial charge in [-0.1, -0.05) is 46.4 Å². The Balaban J connectivity index is 2.62. The van der Waals surface area contributed by atoms with Crippen molar-refractivity contribution in [2.45, 2.75) is 20.5 Å². The minimum atomic E-state index is -1.67. The van der Waals surface area contributed by atoms with Gasteiger partial charge >= 0.3 is 5.97 Å². The summed E-state index contributed by atoms with van der Waals surface area (Å²) in [6, 6.07) is 0. The summed E-state index contributed by atoms with van der Waals surface area (Å²) in [4.78, 5) is 8.77. The molecule has 3 atom stereocenters. The fourth-order valence-electron chi connectivity index (χ4n) is 2.30. The van der Waals surface area contributed by atoms with E-state index in [9.17, 15) is 4.79 Å². The monoisotopic (exact) mass is 356 g/mol. The lowest BCUT2D eigenvalue weighted by Crippen LogP contribution is -2.45. The standard InChI is InChI=1S/C9H6Cl6O2/c1-17-6(16)3-2-7(12)4(10)5(11)8(3,13)9(7,14)15/h3H,2H2,1H3. The van der Waals surface area contributed by atoms with Gasteiger partial charge in [0.25, 0.3) is 0 Å². The van der Waals surface area contributed by atoms with Crippen molar-refractivity contribution in [2.24, 2.45) is 5.92 Å². The number of esters is 1. The number of ether oxygens (including phenoxy) is 1. The Kier molecular flexibility index (Phi) is 3.36. The van der Waals surface area contributed by atoms with Crippen LogP contribution in [0, 0.1) is 5.92 Å². The van der Waals surface area contributed by atoms with E-state index in [0.29, 0.717) is 0 Å². The molecule has 1 fully saturated rings. The minimum Gasteiger partial charge on any atom is -0.469 e. The van der Waals surface area contributed by atoms with Crippen LogP contribution < -0.4 is 0 Å². The van der Waals surface area contributed by atoms with Gasteiger partial charge in [-0.15, -0.1) is 23.2 Å². The SMILES string of the molecule is COC(=O)C1CC2(Cl)C(Cl)=C(Cl)C1(Cl)C2(Cl)Cl. The van der Waals surface area contributed by atoms with Gasteiger partial charge in [0.15, 0.2) is 4.33 Å². The molecule has 0 N–H and O–H groups in total. The summed E-state index contributed by atoms with van der Waals surface area (Å²) in [5.41, 5.74) is 0. The van der Waals surface area contributed by atoms with E-state index in [2.05, 4.69) is 4.74 Å². The molecular weight excluding hydrogens is 353 g/mol. The summed E-state index contributed by atoms with van der Waals surface area (Å²) in [5.74, 6) is -1.41. The Morgan fingerprint density at radius 2 is 1.76 bits per heavy atom. The van der Waals surface area contributed by atoms with Crippen LogP contribution >= 0.6 is 69.6 Å². The summed E-state index contributed by atoms with van der Waals surface area (Å²) in [6.07, 6.45) is 0.0762. The van der Waals surface area contributed by atoms with E-state index in [1.807, 2.05) is 0 Å². The Morgan fingerprint density at radius 1 is 1.24 bits per heavy atom. The van der Waals surface area contributed by atoms with E-state index in [4.69, 9.17) is 69.6 Å². The van der Waals surface area contributed by atoms with E-state index in [1.54, 1.807) is 0 Å². The number of carbonyl (C=O) groups is 1. The third-order valence-electron chi connectivity index (χ3n) is 3.27. The molecular formula is C9H6Cl6O2. The molecule has 96 valence electrons.